The number of halogens is 1. The Morgan fingerprint density at radius 2 is 1.97 bits per heavy atom. The fourth-order valence-electron chi connectivity index (χ4n) is 4.09. The summed E-state index contributed by atoms with van der Waals surface area (Å²) in [5.74, 6) is -0.112. The van der Waals surface area contributed by atoms with Gasteiger partial charge in [0.1, 0.15) is 11.4 Å². The van der Waals surface area contributed by atoms with Gasteiger partial charge >= 0.3 is 0 Å². The van der Waals surface area contributed by atoms with E-state index in [2.05, 4.69) is 4.98 Å². The second-order valence-corrected chi connectivity index (χ2v) is 8.75. The summed E-state index contributed by atoms with van der Waals surface area (Å²) in [5, 5.41) is 3.10. The van der Waals surface area contributed by atoms with Gasteiger partial charge in [-0.1, -0.05) is 41.9 Å². The quantitative estimate of drug-likeness (QED) is 0.466. The minimum Gasteiger partial charge on any atom is -0.307 e. The fourth-order valence-corrected chi connectivity index (χ4v) is 5.12. The van der Waals surface area contributed by atoms with E-state index in [1.54, 1.807) is 17.0 Å². The number of amides is 1. The zero-order chi connectivity index (χ0) is 20.8. The van der Waals surface area contributed by atoms with Crippen LogP contribution in [0.3, 0.4) is 0 Å². The molecular weight excluding hydrogens is 418 g/mol. The molecule has 150 valence electrons. The average Bonchev–Trinajstić information content (AvgIpc) is 3.31. The lowest BCUT2D eigenvalue weighted by atomic mass is 10.1. The molecule has 30 heavy (non-hydrogen) atoms. The molecule has 0 aliphatic carbocycles. The molecule has 7 heteroatoms. The maximum absolute atomic E-state index is 13.3. The number of nitrogens with zero attached hydrogens (tertiary/aromatic N) is 3. The zero-order valence-electron chi connectivity index (χ0n) is 16.2. The summed E-state index contributed by atoms with van der Waals surface area (Å²) in [6, 6.07) is 15.3. The van der Waals surface area contributed by atoms with Gasteiger partial charge < -0.3 is 4.90 Å². The summed E-state index contributed by atoms with van der Waals surface area (Å²) in [6.45, 7) is 1.98. The van der Waals surface area contributed by atoms with E-state index in [0.717, 1.165) is 28.8 Å². The van der Waals surface area contributed by atoms with Gasteiger partial charge in [0.25, 0.3) is 5.56 Å². The number of hydrogen-bond acceptors (Lipinski definition) is 4. The molecule has 0 radical (unpaired) electrons. The highest BCUT2D eigenvalue weighted by atomic mass is 35.5. The Morgan fingerprint density at radius 1 is 1.20 bits per heavy atom. The van der Waals surface area contributed by atoms with Gasteiger partial charge in [0.05, 0.1) is 11.7 Å². The molecule has 1 aliphatic heterocycles. The van der Waals surface area contributed by atoms with E-state index in [4.69, 9.17) is 11.6 Å². The molecule has 3 heterocycles. The minimum atomic E-state index is -0.209. The lowest BCUT2D eigenvalue weighted by molar-refractivity contribution is -0.119. The summed E-state index contributed by atoms with van der Waals surface area (Å²) < 4.78 is 1.41. The number of para-hydroxylation sites is 1. The fraction of sp³-hybridized carbons (Fsp3) is 0.174. The van der Waals surface area contributed by atoms with E-state index >= 15 is 0 Å². The highest BCUT2D eigenvalue weighted by Gasteiger charge is 2.30. The van der Waals surface area contributed by atoms with E-state index in [1.807, 2.05) is 48.7 Å². The van der Waals surface area contributed by atoms with Crippen molar-refractivity contribution in [2.45, 2.75) is 25.9 Å². The normalized spacial score (nSPS) is 15.5. The second kappa shape index (κ2) is 7.38. The van der Waals surface area contributed by atoms with Crippen LogP contribution in [0.2, 0.25) is 5.02 Å². The topological polar surface area (TPSA) is 55.2 Å². The van der Waals surface area contributed by atoms with Gasteiger partial charge in [-0.15, -0.1) is 11.3 Å². The first kappa shape index (κ1) is 19.0. The summed E-state index contributed by atoms with van der Waals surface area (Å²) in [7, 11) is 0. The van der Waals surface area contributed by atoms with Crippen LogP contribution < -0.4 is 10.5 Å². The number of aromatic nitrogens is 2. The van der Waals surface area contributed by atoms with Gasteiger partial charge in [0.15, 0.2) is 0 Å². The van der Waals surface area contributed by atoms with Crippen LogP contribution in [0, 0.1) is 0 Å². The molecule has 5 rings (SSSR count). The first-order valence-electron chi connectivity index (χ1n) is 9.65. The maximum atomic E-state index is 13.3. The molecule has 2 aromatic heterocycles. The van der Waals surface area contributed by atoms with Crippen LogP contribution in [0.1, 0.15) is 12.5 Å². The first-order valence-corrected chi connectivity index (χ1v) is 10.9. The Balaban J connectivity index is 1.52. The molecule has 5 nitrogen and oxygen atoms in total. The summed E-state index contributed by atoms with van der Waals surface area (Å²) in [4.78, 5) is 33.3. The molecule has 0 fully saturated rings. The van der Waals surface area contributed by atoms with Crippen molar-refractivity contribution in [3.8, 4) is 11.1 Å². The third kappa shape index (κ3) is 3.13. The van der Waals surface area contributed by atoms with E-state index in [9.17, 15) is 9.59 Å². The molecule has 1 amide bonds. The molecule has 1 atom stereocenters. The largest absolute Gasteiger partial charge is 0.307 e. The van der Waals surface area contributed by atoms with Crippen molar-refractivity contribution < 1.29 is 4.79 Å². The second-order valence-electron chi connectivity index (χ2n) is 7.46. The van der Waals surface area contributed by atoms with Crippen molar-refractivity contribution in [2.24, 2.45) is 0 Å². The smallest absolute Gasteiger partial charge is 0.263 e. The third-order valence-electron chi connectivity index (χ3n) is 5.50. The molecule has 0 N–H and O–H groups in total. The van der Waals surface area contributed by atoms with Crippen LogP contribution in [0.25, 0.3) is 21.3 Å². The lowest BCUT2D eigenvalue weighted by Gasteiger charge is -2.23. The molecule has 1 aliphatic rings. The predicted molar refractivity (Wildman–Crippen MR) is 121 cm³/mol. The molecular formula is C23H18ClN3O2S. The Hall–Kier alpha value is -2.96. The molecule has 0 spiro atoms. The van der Waals surface area contributed by atoms with Gasteiger partial charge in [-0.25, -0.2) is 4.98 Å². The molecule has 4 aromatic rings. The van der Waals surface area contributed by atoms with Crippen LogP contribution in [0.5, 0.6) is 0 Å². The Morgan fingerprint density at radius 3 is 2.77 bits per heavy atom. The maximum Gasteiger partial charge on any atom is 0.263 e. The average molecular weight is 436 g/mol. The summed E-state index contributed by atoms with van der Waals surface area (Å²) in [5.41, 5.74) is 3.58. The van der Waals surface area contributed by atoms with E-state index < -0.39 is 0 Å². The Bertz CT molecular complexity index is 1330. The number of carbonyl (C=O) groups excluding carboxylic acids is 1. The van der Waals surface area contributed by atoms with Crippen molar-refractivity contribution in [1.82, 2.24) is 9.55 Å². The van der Waals surface area contributed by atoms with Gasteiger partial charge in [0, 0.05) is 27.7 Å². The van der Waals surface area contributed by atoms with Crippen molar-refractivity contribution in [3.63, 3.8) is 0 Å². The van der Waals surface area contributed by atoms with E-state index in [0.29, 0.717) is 15.2 Å². The van der Waals surface area contributed by atoms with E-state index in [1.165, 1.54) is 22.2 Å². The summed E-state index contributed by atoms with van der Waals surface area (Å²) >= 11 is 7.42. The number of benzene rings is 2. The predicted octanol–water partition coefficient (Wildman–Crippen LogP) is 4.76. The van der Waals surface area contributed by atoms with Crippen molar-refractivity contribution >= 4 is 44.7 Å². The van der Waals surface area contributed by atoms with Gasteiger partial charge in [-0.2, -0.15) is 0 Å². The molecule has 0 saturated carbocycles. The number of anilines is 1. The number of rotatable bonds is 3. The minimum absolute atomic E-state index is 0.0453. The molecule has 0 unspecified atom stereocenters. The molecule has 2 aromatic carbocycles. The summed E-state index contributed by atoms with van der Waals surface area (Å²) in [6.07, 6.45) is 2.29. The van der Waals surface area contributed by atoms with Crippen LogP contribution in [0.15, 0.2) is 65.0 Å². The number of carbonyl (C=O) groups is 1. The van der Waals surface area contributed by atoms with E-state index in [-0.39, 0.29) is 24.1 Å². The molecule has 0 bridgehead atoms. The van der Waals surface area contributed by atoms with Crippen molar-refractivity contribution in [2.75, 3.05) is 4.90 Å². The zero-order valence-corrected chi connectivity index (χ0v) is 17.8. The van der Waals surface area contributed by atoms with Crippen LogP contribution in [-0.4, -0.2) is 21.5 Å². The monoisotopic (exact) mass is 435 g/mol. The highest BCUT2D eigenvalue weighted by Crippen LogP contribution is 2.33. The van der Waals surface area contributed by atoms with Gasteiger partial charge in [0.2, 0.25) is 5.91 Å². The van der Waals surface area contributed by atoms with Crippen LogP contribution in [-0.2, 0) is 17.8 Å². The number of thiophene rings is 1. The highest BCUT2D eigenvalue weighted by molar-refractivity contribution is 7.17. The first-order chi connectivity index (χ1) is 14.5. The third-order valence-corrected chi connectivity index (χ3v) is 6.64. The van der Waals surface area contributed by atoms with Crippen LogP contribution in [0.4, 0.5) is 5.69 Å². The molecule has 0 saturated heterocycles. The Kier molecular flexibility index (Phi) is 4.68. The van der Waals surface area contributed by atoms with Gasteiger partial charge in [-0.05, 0) is 42.7 Å². The Labute approximate surface area is 182 Å². The standard InChI is InChI=1S/C23H18ClN3O2S/c1-14-10-16-4-2-3-5-19(16)27(14)20(28)11-26-13-25-22-21(23(26)29)18(12-30-22)15-6-8-17(24)9-7-15/h2-9,12-14H,10-11H2,1H3/t14-/m0/s1. The number of hydrogen-bond donors (Lipinski definition) is 0. The van der Waals surface area contributed by atoms with Gasteiger partial charge in [-0.3, -0.25) is 14.2 Å². The van der Waals surface area contributed by atoms with Crippen molar-refractivity contribution in [3.05, 3.63) is 81.2 Å². The lowest BCUT2D eigenvalue weighted by Crippen LogP contribution is -2.40. The van der Waals surface area contributed by atoms with Crippen molar-refractivity contribution in [1.29, 1.82) is 0 Å². The number of fused-ring (bicyclic) bond motifs is 2. The van der Waals surface area contributed by atoms with Crippen LogP contribution >= 0.6 is 22.9 Å². The SMILES string of the molecule is C[C@H]1Cc2ccccc2N1C(=O)Cn1cnc2scc(-c3ccc(Cl)cc3)c2c1=O.